The highest BCUT2D eigenvalue weighted by Gasteiger charge is 2.23. The molecule has 1 aliphatic rings. The van der Waals surface area contributed by atoms with Gasteiger partial charge in [-0.1, -0.05) is 53.7 Å². The van der Waals surface area contributed by atoms with E-state index in [2.05, 4.69) is 5.10 Å². The van der Waals surface area contributed by atoms with E-state index in [1.54, 1.807) is 28.9 Å². The largest absolute Gasteiger partial charge is 0.371 e. The summed E-state index contributed by atoms with van der Waals surface area (Å²) in [7, 11) is 0. The zero-order valence-corrected chi connectivity index (χ0v) is 12.2. The number of hydrogen-bond donors (Lipinski definition) is 1. The number of rotatable bonds is 2. The summed E-state index contributed by atoms with van der Waals surface area (Å²) in [6.07, 6.45) is -0.631. The van der Waals surface area contributed by atoms with Crippen LogP contribution in [0.5, 0.6) is 0 Å². The average Bonchev–Trinajstić information content (AvgIpc) is 2.50. The van der Waals surface area contributed by atoms with E-state index in [0.29, 0.717) is 10.8 Å². The molecule has 0 saturated heterocycles. The van der Waals surface area contributed by atoms with Crippen molar-refractivity contribution in [3.63, 3.8) is 0 Å². The predicted molar refractivity (Wildman–Crippen MR) is 85.4 cm³/mol. The molecule has 3 nitrogen and oxygen atoms in total. The summed E-state index contributed by atoms with van der Waals surface area (Å²) >= 11 is 7.45. The quantitative estimate of drug-likeness (QED) is 0.921. The van der Waals surface area contributed by atoms with Gasteiger partial charge in [0.1, 0.15) is 5.04 Å². The van der Waals surface area contributed by atoms with Gasteiger partial charge in [0.2, 0.25) is 0 Å². The molecule has 102 valence electrons. The number of aliphatic hydroxyl groups is 1. The van der Waals surface area contributed by atoms with Crippen LogP contribution >= 0.6 is 23.4 Å². The Bertz CT molecular complexity index is 616. The summed E-state index contributed by atoms with van der Waals surface area (Å²) in [4.78, 5) is 0. The van der Waals surface area contributed by atoms with Crippen molar-refractivity contribution in [3.05, 3.63) is 65.2 Å². The minimum Gasteiger partial charge on any atom is -0.371 e. The van der Waals surface area contributed by atoms with E-state index in [1.165, 1.54) is 0 Å². The van der Waals surface area contributed by atoms with Gasteiger partial charge in [-0.3, -0.25) is 0 Å². The van der Waals surface area contributed by atoms with Crippen LogP contribution in [0.25, 0.3) is 0 Å². The van der Waals surface area contributed by atoms with Gasteiger partial charge in [0.05, 0.1) is 5.69 Å². The number of anilines is 1. The second-order valence-electron chi connectivity index (χ2n) is 4.38. The van der Waals surface area contributed by atoms with Crippen LogP contribution in [0.1, 0.15) is 5.56 Å². The van der Waals surface area contributed by atoms with Crippen molar-refractivity contribution in [3.8, 4) is 0 Å². The second-order valence-corrected chi connectivity index (χ2v) is 5.83. The van der Waals surface area contributed by atoms with Gasteiger partial charge in [0.25, 0.3) is 0 Å². The molecule has 20 heavy (non-hydrogen) atoms. The molecule has 2 aromatic rings. The van der Waals surface area contributed by atoms with Crippen LogP contribution in [0.15, 0.2) is 59.7 Å². The van der Waals surface area contributed by atoms with Crippen LogP contribution in [0.3, 0.4) is 0 Å². The topological polar surface area (TPSA) is 35.8 Å². The Morgan fingerprint density at radius 1 is 1.10 bits per heavy atom. The minimum absolute atomic E-state index is 0.580. The molecular formula is C15H13ClN2OS. The second kappa shape index (κ2) is 5.87. The van der Waals surface area contributed by atoms with Crippen LogP contribution in [0, 0.1) is 0 Å². The van der Waals surface area contributed by atoms with E-state index in [-0.39, 0.29) is 0 Å². The fraction of sp³-hybridized carbons (Fsp3) is 0.133. The van der Waals surface area contributed by atoms with Crippen molar-refractivity contribution >= 4 is 34.1 Å². The predicted octanol–water partition coefficient (Wildman–Crippen LogP) is 3.57. The monoisotopic (exact) mass is 304 g/mol. The molecule has 3 rings (SSSR count). The molecule has 1 N–H and O–H groups in total. The first kappa shape index (κ1) is 13.5. The van der Waals surface area contributed by atoms with Gasteiger partial charge in [-0.2, -0.15) is 5.10 Å². The highest BCUT2D eigenvalue weighted by Crippen LogP contribution is 2.27. The van der Waals surface area contributed by atoms with Crippen LogP contribution in [-0.4, -0.2) is 22.1 Å². The van der Waals surface area contributed by atoms with Crippen LogP contribution < -0.4 is 5.01 Å². The average molecular weight is 305 g/mol. The molecule has 1 heterocycles. The Labute approximate surface area is 126 Å². The molecule has 0 saturated carbocycles. The highest BCUT2D eigenvalue weighted by atomic mass is 35.5. The number of thioether (sulfide) groups is 1. The van der Waals surface area contributed by atoms with Crippen LogP contribution in [0.2, 0.25) is 5.02 Å². The van der Waals surface area contributed by atoms with Crippen molar-refractivity contribution in [1.82, 2.24) is 0 Å². The Morgan fingerprint density at radius 3 is 2.50 bits per heavy atom. The standard InChI is InChI=1S/C15H13ClN2OS/c16-12-6-8-13(9-7-12)18-14(19)10-20-15(17-18)11-4-2-1-3-5-11/h1-9,14,19H,10H2. The Balaban J connectivity index is 1.95. The zero-order valence-electron chi connectivity index (χ0n) is 10.6. The first-order valence-electron chi connectivity index (χ1n) is 6.24. The third kappa shape index (κ3) is 2.82. The molecule has 0 aliphatic carbocycles. The summed E-state index contributed by atoms with van der Waals surface area (Å²) in [5.41, 5.74) is 1.89. The lowest BCUT2D eigenvalue weighted by atomic mass is 10.2. The molecule has 0 fully saturated rings. The number of aliphatic hydroxyl groups excluding tert-OH is 1. The van der Waals surface area contributed by atoms with Gasteiger partial charge in [-0.15, -0.1) is 0 Å². The Hall–Kier alpha value is -1.49. The van der Waals surface area contributed by atoms with Crippen molar-refractivity contribution in [2.75, 3.05) is 10.8 Å². The molecule has 1 aliphatic heterocycles. The maximum absolute atomic E-state index is 10.1. The number of hydrazone groups is 1. The number of hydrogen-bond acceptors (Lipinski definition) is 4. The fourth-order valence-electron chi connectivity index (χ4n) is 1.96. The van der Waals surface area contributed by atoms with E-state index in [1.807, 2.05) is 42.5 Å². The molecule has 0 radical (unpaired) electrons. The minimum atomic E-state index is -0.631. The highest BCUT2D eigenvalue weighted by molar-refractivity contribution is 8.14. The van der Waals surface area contributed by atoms with Gasteiger partial charge in [-0.25, -0.2) is 5.01 Å². The fourth-order valence-corrected chi connectivity index (χ4v) is 2.99. The SMILES string of the molecule is OC1CSC(c2ccccc2)=NN1c1ccc(Cl)cc1. The van der Waals surface area contributed by atoms with Crippen molar-refractivity contribution < 1.29 is 5.11 Å². The third-order valence-corrected chi connectivity index (χ3v) is 4.27. The Kier molecular flexibility index (Phi) is 3.96. The Morgan fingerprint density at radius 2 is 1.80 bits per heavy atom. The van der Waals surface area contributed by atoms with Crippen molar-refractivity contribution in [2.45, 2.75) is 6.23 Å². The summed E-state index contributed by atoms with van der Waals surface area (Å²) in [6.45, 7) is 0. The summed E-state index contributed by atoms with van der Waals surface area (Å²) in [5, 5.41) is 17.9. The van der Waals surface area contributed by atoms with Crippen LogP contribution in [-0.2, 0) is 0 Å². The molecule has 0 amide bonds. The molecule has 0 spiro atoms. The van der Waals surface area contributed by atoms with Gasteiger partial charge >= 0.3 is 0 Å². The van der Waals surface area contributed by atoms with E-state index in [0.717, 1.165) is 16.3 Å². The number of benzene rings is 2. The van der Waals surface area contributed by atoms with Crippen LogP contribution in [0.4, 0.5) is 5.69 Å². The molecule has 5 heteroatoms. The third-order valence-electron chi connectivity index (χ3n) is 2.96. The van der Waals surface area contributed by atoms with Crippen molar-refractivity contribution in [1.29, 1.82) is 0 Å². The summed E-state index contributed by atoms with van der Waals surface area (Å²) < 4.78 is 0. The lowest BCUT2D eigenvalue weighted by Gasteiger charge is -2.30. The maximum atomic E-state index is 10.1. The van der Waals surface area contributed by atoms with E-state index in [4.69, 9.17) is 11.6 Å². The van der Waals surface area contributed by atoms with Gasteiger partial charge in [-0.05, 0) is 24.3 Å². The molecule has 1 unspecified atom stereocenters. The van der Waals surface area contributed by atoms with Gasteiger partial charge < -0.3 is 5.11 Å². The summed E-state index contributed by atoms with van der Waals surface area (Å²) in [6, 6.07) is 17.3. The molecule has 2 aromatic carbocycles. The zero-order chi connectivity index (χ0) is 13.9. The van der Waals surface area contributed by atoms with E-state index < -0.39 is 6.23 Å². The van der Waals surface area contributed by atoms with E-state index in [9.17, 15) is 5.11 Å². The van der Waals surface area contributed by atoms with E-state index >= 15 is 0 Å². The maximum Gasteiger partial charge on any atom is 0.157 e. The number of nitrogens with zero attached hydrogens (tertiary/aromatic N) is 2. The molecule has 0 aromatic heterocycles. The molecular weight excluding hydrogens is 292 g/mol. The lowest BCUT2D eigenvalue weighted by Crippen LogP contribution is -2.37. The normalized spacial score (nSPS) is 18.8. The first-order valence-corrected chi connectivity index (χ1v) is 7.60. The van der Waals surface area contributed by atoms with Gasteiger partial charge in [0, 0.05) is 16.3 Å². The lowest BCUT2D eigenvalue weighted by molar-refractivity contribution is 0.193. The smallest absolute Gasteiger partial charge is 0.157 e. The molecule has 1 atom stereocenters. The van der Waals surface area contributed by atoms with Gasteiger partial charge in [0.15, 0.2) is 6.23 Å². The van der Waals surface area contributed by atoms with Crippen molar-refractivity contribution in [2.24, 2.45) is 5.10 Å². The first-order chi connectivity index (χ1) is 9.74. The summed E-state index contributed by atoms with van der Waals surface area (Å²) in [5.74, 6) is 0.580. The number of halogens is 1. The molecule has 0 bridgehead atoms.